The van der Waals surface area contributed by atoms with Crippen molar-refractivity contribution in [1.29, 1.82) is 0 Å². The molecule has 1 amide bonds. The Bertz CT molecular complexity index is 402. The molecule has 1 atom stereocenters. The van der Waals surface area contributed by atoms with E-state index in [2.05, 4.69) is 24.2 Å². The predicted octanol–water partition coefficient (Wildman–Crippen LogP) is 1.24. The highest BCUT2D eigenvalue weighted by Gasteiger charge is 2.46. The van der Waals surface area contributed by atoms with Crippen LogP contribution in [0.3, 0.4) is 0 Å². The predicted molar refractivity (Wildman–Crippen MR) is 82.2 cm³/mol. The third-order valence-electron chi connectivity index (χ3n) is 5.13. The molecule has 21 heavy (non-hydrogen) atoms. The summed E-state index contributed by atoms with van der Waals surface area (Å²) >= 11 is 0. The first-order valence-electron chi connectivity index (χ1n) is 7.95. The van der Waals surface area contributed by atoms with Crippen molar-refractivity contribution >= 4 is 11.7 Å². The lowest BCUT2D eigenvalue weighted by Gasteiger charge is -2.42. The molecule has 0 aromatic rings. The number of likely N-dealkylation sites (N-methyl/N-ethyl adjacent to an activating group) is 1. The molecule has 1 saturated carbocycles. The molecule has 0 aromatic carbocycles. The number of carbonyl (C=O) groups excluding carboxylic acids is 1. The van der Waals surface area contributed by atoms with E-state index in [9.17, 15) is 4.79 Å². The van der Waals surface area contributed by atoms with E-state index in [1.165, 1.54) is 0 Å². The Hall–Kier alpha value is -1.30. The molecule has 1 saturated heterocycles. The van der Waals surface area contributed by atoms with Gasteiger partial charge < -0.3 is 20.7 Å². The first kappa shape index (κ1) is 16.1. The first-order chi connectivity index (χ1) is 10.0. The van der Waals surface area contributed by atoms with Crippen molar-refractivity contribution in [3.8, 4) is 0 Å². The summed E-state index contributed by atoms with van der Waals surface area (Å²) in [5.41, 5.74) is 5.15. The van der Waals surface area contributed by atoms with Crippen LogP contribution in [-0.2, 0) is 4.79 Å². The second-order valence-electron chi connectivity index (χ2n) is 6.64. The number of piperidine rings is 1. The number of nitrogens with two attached hydrogens (primary N) is 1. The number of rotatable bonds is 3. The van der Waals surface area contributed by atoms with Crippen molar-refractivity contribution in [3.05, 3.63) is 0 Å². The van der Waals surface area contributed by atoms with Crippen molar-refractivity contribution < 1.29 is 10.0 Å². The molecule has 6 nitrogen and oxygen atoms in total. The van der Waals surface area contributed by atoms with Crippen LogP contribution >= 0.6 is 0 Å². The number of amides is 1. The SMILES string of the molecule is CN(C)C1CCCN(C(=O)C2(C(N)=NO)CCCCC2)C1. The molecule has 1 aliphatic carbocycles. The Morgan fingerprint density at radius 1 is 1.29 bits per heavy atom. The molecule has 2 aliphatic rings. The van der Waals surface area contributed by atoms with Gasteiger partial charge in [0.1, 0.15) is 5.41 Å². The van der Waals surface area contributed by atoms with Gasteiger partial charge in [0, 0.05) is 19.1 Å². The Labute approximate surface area is 127 Å². The minimum atomic E-state index is -0.777. The van der Waals surface area contributed by atoms with Crippen LogP contribution in [0.2, 0.25) is 0 Å². The van der Waals surface area contributed by atoms with Gasteiger partial charge in [0.05, 0.1) is 0 Å². The zero-order valence-corrected chi connectivity index (χ0v) is 13.2. The van der Waals surface area contributed by atoms with E-state index < -0.39 is 5.41 Å². The number of hydrogen-bond acceptors (Lipinski definition) is 4. The lowest BCUT2D eigenvalue weighted by molar-refractivity contribution is -0.142. The van der Waals surface area contributed by atoms with Crippen LogP contribution in [0.25, 0.3) is 0 Å². The summed E-state index contributed by atoms with van der Waals surface area (Å²) in [5, 5.41) is 12.3. The molecule has 0 bridgehead atoms. The largest absolute Gasteiger partial charge is 0.409 e. The highest BCUT2D eigenvalue weighted by molar-refractivity contribution is 6.06. The maximum atomic E-state index is 13.1. The normalized spacial score (nSPS) is 26.9. The van der Waals surface area contributed by atoms with Crippen molar-refractivity contribution in [2.75, 3.05) is 27.2 Å². The van der Waals surface area contributed by atoms with Gasteiger partial charge in [-0.2, -0.15) is 0 Å². The van der Waals surface area contributed by atoms with E-state index in [1.807, 2.05) is 4.90 Å². The second-order valence-corrected chi connectivity index (χ2v) is 6.64. The Balaban J connectivity index is 2.18. The lowest BCUT2D eigenvalue weighted by Crippen LogP contribution is -2.56. The zero-order valence-electron chi connectivity index (χ0n) is 13.2. The Morgan fingerprint density at radius 3 is 2.52 bits per heavy atom. The van der Waals surface area contributed by atoms with Gasteiger partial charge in [-0.25, -0.2) is 0 Å². The number of carbonyl (C=O) groups is 1. The molecule has 1 aliphatic heterocycles. The fourth-order valence-corrected chi connectivity index (χ4v) is 3.69. The van der Waals surface area contributed by atoms with Gasteiger partial charge in [-0.3, -0.25) is 4.79 Å². The molecular formula is C15H28N4O2. The van der Waals surface area contributed by atoms with Crippen molar-refractivity contribution in [2.45, 2.75) is 51.0 Å². The molecule has 1 heterocycles. The van der Waals surface area contributed by atoms with E-state index in [4.69, 9.17) is 10.9 Å². The van der Waals surface area contributed by atoms with Gasteiger partial charge in [0.15, 0.2) is 5.84 Å². The summed E-state index contributed by atoms with van der Waals surface area (Å²) in [7, 11) is 4.11. The molecule has 2 fully saturated rings. The molecule has 0 aromatic heterocycles. The third kappa shape index (κ3) is 3.15. The van der Waals surface area contributed by atoms with Crippen LogP contribution < -0.4 is 5.73 Å². The summed E-state index contributed by atoms with van der Waals surface area (Å²) in [6, 6.07) is 0.399. The fourth-order valence-electron chi connectivity index (χ4n) is 3.69. The van der Waals surface area contributed by atoms with E-state index in [0.29, 0.717) is 18.9 Å². The molecule has 2 rings (SSSR count). The standard InChI is InChI=1S/C15H28N4O2/c1-18(2)12-7-6-10-19(11-12)14(20)15(13(16)17-21)8-4-3-5-9-15/h12,21H,3-11H2,1-2H3,(H2,16,17). The van der Waals surface area contributed by atoms with Gasteiger partial charge in [0.2, 0.25) is 5.91 Å². The van der Waals surface area contributed by atoms with E-state index in [1.54, 1.807) is 0 Å². The van der Waals surface area contributed by atoms with Crippen LogP contribution in [0.1, 0.15) is 44.9 Å². The first-order valence-corrected chi connectivity index (χ1v) is 7.95. The molecule has 120 valence electrons. The topological polar surface area (TPSA) is 82.2 Å². The molecule has 3 N–H and O–H groups in total. The van der Waals surface area contributed by atoms with Crippen LogP contribution in [0.4, 0.5) is 0 Å². The van der Waals surface area contributed by atoms with Crippen molar-refractivity contribution in [1.82, 2.24) is 9.80 Å². The van der Waals surface area contributed by atoms with Gasteiger partial charge >= 0.3 is 0 Å². The molecule has 1 unspecified atom stereocenters. The molecule has 0 spiro atoms. The molecule has 6 heteroatoms. The summed E-state index contributed by atoms with van der Waals surface area (Å²) in [4.78, 5) is 17.2. The lowest BCUT2D eigenvalue weighted by atomic mass is 9.71. The quantitative estimate of drug-likeness (QED) is 0.355. The highest BCUT2D eigenvalue weighted by atomic mass is 16.4. The van der Waals surface area contributed by atoms with Crippen LogP contribution in [0.15, 0.2) is 5.16 Å². The van der Waals surface area contributed by atoms with E-state index in [-0.39, 0.29) is 11.7 Å². The van der Waals surface area contributed by atoms with Crippen LogP contribution in [-0.4, -0.2) is 60.0 Å². The highest BCUT2D eigenvalue weighted by Crippen LogP contribution is 2.39. The second kappa shape index (κ2) is 6.64. The Morgan fingerprint density at radius 2 is 1.95 bits per heavy atom. The van der Waals surface area contributed by atoms with Gasteiger partial charge in [-0.15, -0.1) is 0 Å². The number of nitrogens with zero attached hydrogens (tertiary/aromatic N) is 3. The average Bonchev–Trinajstić information content (AvgIpc) is 2.54. The maximum absolute atomic E-state index is 13.1. The summed E-state index contributed by atoms with van der Waals surface area (Å²) in [6.45, 7) is 1.52. The van der Waals surface area contributed by atoms with Crippen molar-refractivity contribution in [2.24, 2.45) is 16.3 Å². The fraction of sp³-hybridized carbons (Fsp3) is 0.867. The average molecular weight is 296 g/mol. The van der Waals surface area contributed by atoms with E-state index in [0.717, 1.165) is 45.2 Å². The summed E-state index contributed by atoms with van der Waals surface area (Å²) < 4.78 is 0. The minimum absolute atomic E-state index is 0.0593. The minimum Gasteiger partial charge on any atom is -0.409 e. The summed E-state index contributed by atoms with van der Waals surface area (Å²) in [6.07, 6.45) is 6.58. The maximum Gasteiger partial charge on any atom is 0.236 e. The molecule has 0 radical (unpaired) electrons. The number of amidine groups is 1. The van der Waals surface area contributed by atoms with Gasteiger partial charge in [-0.05, 0) is 39.8 Å². The van der Waals surface area contributed by atoms with Crippen LogP contribution in [0, 0.1) is 5.41 Å². The van der Waals surface area contributed by atoms with Gasteiger partial charge in [0.25, 0.3) is 0 Å². The van der Waals surface area contributed by atoms with E-state index >= 15 is 0 Å². The van der Waals surface area contributed by atoms with Crippen molar-refractivity contribution in [3.63, 3.8) is 0 Å². The van der Waals surface area contributed by atoms with Crippen LogP contribution in [0.5, 0.6) is 0 Å². The van der Waals surface area contributed by atoms with Gasteiger partial charge in [-0.1, -0.05) is 24.4 Å². The smallest absolute Gasteiger partial charge is 0.236 e. The zero-order chi connectivity index (χ0) is 15.5. The number of likely N-dealkylation sites (tertiary alicyclic amines) is 1. The molecular weight excluding hydrogens is 268 g/mol. The monoisotopic (exact) mass is 296 g/mol. The summed E-state index contributed by atoms with van der Waals surface area (Å²) in [5.74, 6) is 0.156. The number of oxime groups is 1. The number of hydrogen-bond donors (Lipinski definition) is 2. The Kier molecular flexibility index (Phi) is 5.08. The third-order valence-corrected chi connectivity index (χ3v) is 5.13.